The van der Waals surface area contributed by atoms with E-state index in [1.807, 2.05) is 6.07 Å². The summed E-state index contributed by atoms with van der Waals surface area (Å²) in [5.41, 5.74) is 1.03. The first kappa shape index (κ1) is 15.0. The van der Waals surface area contributed by atoms with Crippen LogP contribution in [0.25, 0.3) is 0 Å². The molecule has 7 heteroatoms. The van der Waals surface area contributed by atoms with Crippen LogP contribution in [0, 0.1) is 0 Å². The molecule has 3 nitrogen and oxygen atoms in total. The molecule has 1 aromatic carbocycles. The lowest BCUT2D eigenvalue weighted by atomic mass is 10.2. The fourth-order valence-electron chi connectivity index (χ4n) is 1.45. The molecule has 0 amide bonds. The Hall–Kier alpha value is -0.400. The van der Waals surface area contributed by atoms with Crippen LogP contribution >= 0.6 is 38.9 Å². The van der Waals surface area contributed by atoms with Crippen molar-refractivity contribution in [3.05, 3.63) is 51.2 Å². The molecule has 0 saturated carbocycles. The van der Waals surface area contributed by atoms with Gasteiger partial charge < -0.3 is 0 Å². The molecule has 19 heavy (non-hydrogen) atoms. The molecule has 0 saturated heterocycles. The van der Waals surface area contributed by atoms with Gasteiger partial charge in [-0.1, -0.05) is 39.7 Å². The fourth-order valence-corrected chi connectivity index (χ4v) is 3.95. The quantitative estimate of drug-likeness (QED) is 0.803. The van der Waals surface area contributed by atoms with E-state index in [-0.39, 0.29) is 11.4 Å². The SMILES string of the molecule is O=S(=O)(NCc1ccc(Cl)s1)c1ccc(CBr)cc1. The van der Waals surface area contributed by atoms with E-state index in [9.17, 15) is 8.42 Å². The summed E-state index contributed by atoms with van der Waals surface area (Å²) in [5, 5.41) is 0.703. The maximum atomic E-state index is 12.1. The predicted molar refractivity (Wildman–Crippen MR) is 82.4 cm³/mol. The van der Waals surface area contributed by atoms with Crippen molar-refractivity contribution in [3.8, 4) is 0 Å². The van der Waals surface area contributed by atoms with Crippen LogP contribution in [-0.4, -0.2) is 8.42 Å². The molecule has 0 atom stereocenters. The molecule has 2 rings (SSSR count). The Morgan fingerprint density at radius 3 is 2.37 bits per heavy atom. The summed E-state index contributed by atoms with van der Waals surface area (Å²) in [4.78, 5) is 1.14. The summed E-state index contributed by atoms with van der Waals surface area (Å²) < 4.78 is 27.3. The van der Waals surface area contributed by atoms with Gasteiger partial charge in [-0.3, -0.25) is 0 Å². The zero-order valence-electron chi connectivity index (χ0n) is 9.77. The molecule has 0 aliphatic rings. The minimum absolute atomic E-state index is 0.250. The topological polar surface area (TPSA) is 46.2 Å². The lowest BCUT2D eigenvalue weighted by molar-refractivity contribution is 0.582. The highest BCUT2D eigenvalue weighted by Crippen LogP contribution is 2.21. The van der Waals surface area contributed by atoms with Crippen LogP contribution in [-0.2, 0) is 21.9 Å². The van der Waals surface area contributed by atoms with E-state index in [0.29, 0.717) is 9.67 Å². The van der Waals surface area contributed by atoms with Crippen LogP contribution in [0.15, 0.2) is 41.3 Å². The highest BCUT2D eigenvalue weighted by atomic mass is 79.9. The largest absolute Gasteiger partial charge is 0.240 e. The van der Waals surface area contributed by atoms with E-state index in [1.165, 1.54) is 11.3 Å². The van der Waals surface area contributed by atoms with Crippen molar-refractivity contribution in [2.45, 2.75) is 16.8 Å². The Labute approximate surface area is 129 Å². The van der Waals surface area contributed by atoms with E-state index >= 15 is 0 Å². The standard InChI is InChI=1S/C12H11BrClNO2S2/c13-7-9-1-4-11(5-2-9)19(16,17)15-8-10-3-6-12(14)18-10/h1-6,15H,7-8H2. The molecule has 0 unspecified atom stereocenters. The molecule has 1 heterocycles. The molecule has 1 N–H and O–H groups in total. The molecule has 0 radical (unpaired) electrons. The fraction of sp³-hybridized carbons (Fsp3) is 0.167. The third-order valence-corrected chi connectivity index (χ3v) is 5.75. The van der Waals surface area contributed by atoms with Gasteiger partial charge in [0.2, 0.25) is 10.0 Å². The Bertz CT molecular complexity index is 653. The van der Waals surface area contributed by atoms with Crippen molar-refractivity contribution >= 4 is 48.9 Å². The predicted octanol–water partition coefficient (Wildman–Crippen LogP) is 3.77. The number of thiophene rings is 1. The summed E-state index contributed by atoms with van der Waals surface area (Å²) in [6.45, 7) is 0.250. The van der Waals surface area contributed by atoms with Crippen LogP contribution in [0.5, 0.6) is 0 Å². The second-order valence-corrected chi connectivity index (χ2v) is 7.94. The van der Waals surface area contributed by atoms with Gasteiger partial charge in [0.05, 0.1) is 9.23 Å². The van der Waals surface area contributed by atoms with Gasteiger partial charge in [-0.15, -0.1) is 11.3 Å². The second-order valence-electron chi connectivity index (χ2n) is 3.81. The molecule has 0 spiro atoms. The van der Waals surface area contributed by atoms with Crippen LogP contribution in [0.4, 0.5) is 0 Å². The highest BCUT2D eigenvalue weighted by molar-refractivity contribution is 9.08. The van der Waals surface area contributed by atoms with Crippen molar-refractivity contribution in [3.63, 3.8) is 0 Å². The molecule has 2 aromatic rings. The molecule has 0 bridgehead atoms. The maximum Gasteiger partial charge on any atom is 0.240 e. The van der Waals surface area contributed by atoms with Crippen molar-refractivity contribution in [2.75, 3.05) is 0 Å². The summed E-state index contributed by atoms with van der Waals surface area (Å²) >= 11 is 10.5. The number of sulfonamides is 1. The minimum Gasteiger partial charge on any atom is -0.207 e. The molecule has 0 aliphatic heterocycles. The first-order valence-corrected chi connectivity index (χ1v) is 9.20. The van der Waals surface area contributed by atoms with Crippen LogP contribution in [0.2, 0.25) is 4.34 Å². The maximum absolute atomic E-state index is 12.1. The summed E-state index contributed by atoms with van der Waals surface area (Å²) in [6, 6.07) is 10.3. The lowest BCUT2D eigenvalue weighted by Crippen LogP contribution is -2.22. The average Bonchev–Trinajstić information content (AvgIpc) is 2.82. The molecule has 1 aromatic heterocycles. The molecule has 0 aliphatic carbocycles. The number of halogens is 2. The van der Waals surface area contributed by atoms with Gasteiger partial charge in [-0.05, 0) is 29.8 Å². The van der Waals surface area contributed by atoms with E-state index < -0.39 is 10.0 Å². The van der Waals surface area contributed by atoms with Crippen LogP contribution < -0.4 is 4.72 Å². The van der Waals surface area contributed by atoms with Crippen LogP contribution in [0.3, 0.4) is 0 Å². The van der Waals surface area contributed by atoms with Gasteiger partial charge >= 0.3 is 0 Å². The summed E-state index contributed by atoms with van der Waals surface area (Å²) in [7, 11) is -3.48. The van der Waals surface area contributed by atoms with E-state index in [4.69, 9.17) is 11.6 Å². The van der Waals surface area contributed by atoms with Crippen molar-refractivity contribution in [1.29, 1.82) is 0 Å². The Morgan fingerprint density at radius 2 is 1.84 bits per heavy atom. The van der Waals surface area contributed by atoms with Gasteiger partial charge in [-0.25, -0.2) is 13.1 Å². The minimum atomic E-state index is -3.48. The number of hydrogen-bond donors (Lipinski definition) is 1. The van der Waals surface area contributed by atoms with Gasteiger partial charge in [0.15, 0.2) is 0 Å². The average molecular weight is 381 g/mol. The second kappa shape index (κ2) is 6.37. The third kappa shape index (κ3) is 4.03. The smallest absolute Gasteiger partial charge is 0.207 e. The van der Waals surface area contributed by atoms with E-state index in [2.05, 4.69) is 20.7 Å². The van der Waals surface area contributed by atoms with Crippen molar-refractivity contribution < 1.29 is 8.42 Å². The lowest BCUT2D eigenvalue weighted by Gasteiger charge is -2.06. The first-order chi connectivity index (χ1) is 9.01. The van der Waals surface area contributed by atoms with Gasteiger partial charge in [0.25, 0.3) is 0 Å². The normalized spacial score (nSPS) is 11.7. The Morgan fingerprint density at radius 1 is 1.16 bits per heavy atom. The van der Waals surface area contributed by atoms with Gasteiger partial charge in [0.1, 0.15) is 0 Å². The third-order valence-electron chi connectivity index (χ3n) is 2.45. The molecule has 0 fully saturated rings. The van der Waals surface area contributed by atoms with Crippen molar-refractivity contribution in [1.82, 2.24) is 4.72 Å². The monoisotopic (exact) mass is 379 g/mol. The Balaban J connectivity index is 2.09. The summed E-state index contributed by atoms with van der Waals surface area (Å²) in [6.07, 6.45) is 0. The van der Waals surface area contributed by atoms with E-state index in [1.54, 1.807) is 30.3 Å². The van der Waals surface area contributed by atoms with E-state index in [0.717, 1.165) is 10.4 Å². The number of hydrogen-bond acceptors (Lipinski definition) is 3. The number of alkyl halides is 1. The molecule has 102 valence electrons. The number of rotatable bonds is 5. The molecular weight excluding hydrogens is 370 g/mol. The zero-order valence-corrected chi connectivity index (χ0v) is 13.7. The van der Waals surface area contributed by atoms with Gasteiger partial charge in [0, 0.05) is 16.8 Å². The summed E-state index contributed by atoms with van der Waals surface area (Å²) in [5.74, 6) is 0. The first-order valence-electron chi connectivity index (χ1n) is 5.40. The van der Waals surface area contributed by atoms with Gasteiger partial charge in [-0.2, -0.15) is 0 Å². The number of nitrogens with one attached hydrogen (secondary N) is 1. The van der Waals surface area contributed by atoms with Crippen molar-refractivity contribution in [2.24, 2.45) is 0 Å². The number of benzene rings is 1. The highest BCUT2D eigenvalue weighted by Gasteiger charge is 2.13. The molecular formula is C12H11BrClNO2S2. The van der Waals surface area contributed by atoms with Crippen LogP contribution in [0.1, 0.15) is 10.4 Å². The zero-order chi connectivity index (χ0) is 13.9. The Kier molecular flexibility index (Phi) is 5.03.